The summed E-state index contributed by atoms with van der Waals surface area (Å²) in [6, 6.07) is 14.6. The summed E-state index contributed by atoms with van der Waals surface area (Å²) in [6.07, 6.45) is 1.75. The Morgan fingerprint density at radius 2 is 1.76 bits per heavy atom. The minimum Gasteiger partial charge on any atom is -0.494 e. The predicted molar refractivity (Wildman–Crippen MR) is 82.6 cm³/mol. The summed E-state index contributed by atoms with van der Waals surface area (Å²) < 4.78 is 10.0. The van der Waals surface area contributed by atoms with Crippen LogP contribution in [-0.4, -0.2) is 25.9 Å². The Hall–Kier alpha value is -2.62. The van der Waals surface area contributed by atoms with E-state index in [-0.39, 0.29) is 5.97 Å². The second kappa shape index (κ2) is 7.24. The molecule has 2 aromatic carbocycles. The van der Waals surface area contributed by atoms with E-state index in [0.717, 1.165) is 17.0 Å². The fourth-order valence-electron chi connectivity index (χ4n) is 1.77. The maximum absolute atomic E-state index is 11.3. The Morgan fingerprint density at radius 1 is 1.10 bits per heavy atom. The number of rotatable bonds is 5. The molecule has 0 radical (unpaired) electrons. The number of hydrogen-bond acceptors (Lipinski definition) is 4. The highest BCUT2D eigenvalue weighted by Gasteiger charge is 2.03. The van der Waals surface area contributed by atoms with Crippen molar-refractivity contribution in [1.82, 2.24) is 0 Å². The third-order valence-corrected chi connectivity index (χ3v) is 2.84. The molecule has 4 nitrogen and oxygen atoms in total. The molecule has 0 N–H and O–H groups in total. The molecule has 21 heavy (non-hydrogen) atoms. The number of carbonyl (C=O) groups excluding carboxylic acids is 1. The van der Waals surface area contributed by atoms with E-state index in [9.17, 15) is 4.79 Å². The summed E-state index contributed by atoms with van der Waals surface area (Å²) in [7, 11) is 1.36. The lowest BCUT2D eigenvalue weighted by atomic mass is 10.1. The van der Waals surface area contributed by atoms with Crippen LogP contribution in [-0.2, 0) is 4.74 Å². The Kier molecular flexibility index (Phi) is 5.10. The van der Waals surface area contributed by atoms with Crippen molar-refractivity contribution in [2.24, 2.45) is 4.99 Å². The first kappa shape index (κ1) is 14.8. The number of benzene rings is 2. The molecule has 0 amide bonds. The molecule has 0 bridgehead atoms. The van der Waals surface area contributed by atoms with Crippen LogP contribution in [0, 0.1) is 0 Å². The van der Waals surface area contributed by atoms with Gasteiger partial charge in [-0.15, -0.1) is 0 Å². The predicted octanol–water partition coefficient (Wildman–Crippen LogP) is 3.62. The molecule has 0 aromatic heterocycles. The first-order valence-corrected chi connectivity index (χ1v) is 6.68. The average molecular weight is 283 g/mol. The van der Waals surface area contributed by atoms with Crippen LogP contribution in [0.25, 0.3) is 0 Å². The monoisotopic (exact) mass is 283 g/mol. The molecule has 0 unspecified atom stereocenters. The SMILES string of the molecule is CCOc1ccc(N=Cc2ccc(C(=O)OC)cc2)cc1. The summed E-state index contributed by atoms with van der Waals surface area (Å²) in [5.74, 6) is 0.490. The van der Waals surface area contributed by atoms with Gasteiger partial charge < -0.3 is 9.47 Å². The average Bonchev–Trinajstić information content (AvgIpc) is 2.54. The van der Waals surface area contributed by atoms with E-state index < -0.39 is 0 Å². The second-order valence-electron chi connectivity index (χ2n) is 4.30. The summed E-state index contributed by atoms with van der Waals surface area (Å²) in [5.41, 5.74) is 2.28. The van der Waals surface area contributed by atoms with Crippen molar-refractivity contribution in [2.75, 3.05) is 13.7 Å². The van der Waals surface area contributed by atoms with Gasteiger partial charge in [-0.3, -0.25) is 4.99 Å². The standard InChI is InChI=1S/C17H17NO3/c1-3-21-16-10-8-15(9-11-16)18-12-13-4-6-14(7-5-13)17(19)20-2/h4-12H,3H2,1-2H3. The number of methoxy groups -OCH3 is 1. The van der Waals surface area contributed by atoms with Gasteiger partial charge in [0.2, 0.25) is 0 Å². The number of esters is 1. The molecule has 0 aliphatic rings. The molecule has 108 valence electrons. The first-order chi connectivity index (χ1) is 10.2. The number of ether oxygens (including phenoxy) is 2. The fourth-order valence-corrected chi connectivity index (χ4v) is 1.77. The topological polar surface area (TPSA) is 47.9 Å². The summed E-state index contributed by atoms with van der Waals surface area (Å²) in [4.78, 5) is 15.7. The van der Waals surface area contributed by atoms with Gasteiger partial charge >= 0.3 is 5.97 Å². The third-order valence-electron chi connectivity index (χ3n) is 2.84. The van der Waals surface area contributed by atoms with Gasteiger partial charge in [0.15, 0.2) is 0 Å². The van der Waals surface area contributed by atoms with Crippen molar-refractivity contribution < 1.29 is 14.3 Å². The zero-order valence-corrected chi connectivity index (χ0v) is 12.1. The molecule has 0 saturated carbocycles. The Morgan fingerprint density at radius 3 is 2.33 bits per heavy atom. The molecule has 0 atom stereocenters. The van der Waals surface area contributed by atoms with Crippen LogP contribution in [0.5, 0.6) is 5.75 Å². The normalized spacial score (nSPS) is 10.6. The van der Waals surface area contributed by atoms with Crippen molar-refractivity contribution in [1.29, 1.82) is 0 Å². The van der Waals surface area contributed by atoms with E-state index in [4.69, 9.17) is 4.74 Å². The molecule has 0 aliphatic carbocycles. The highest BCUT2D eigenvalue weighted by Crippen LogP contribution is 2.18. The molecule has 0 saturated heterocycles. The van der Waals surface area contributed by atoms with E-state index in [1.165, 1.54) is 7.11 Å². The van der Waals surface area contributed by atoms with Gasteiger partial charge in [-0.25, -0.2) is 4.79 Å². The van der Waals surface area contributed by atoms with Crippen LogP contribution in [0.3, 0.4) is 0 Å². The smallest absolute Gasteiger partial charge is 0.337 e. The molecule has 0 aliphatic heterocycles. The van der Waals surface area contributed by atoms with E-state index in [1.807, 2.05) is 43.3 Å². The fraction of sp³-hybridized carbons (Fsp3) is 0.176. The molecule has 0 spiro atoms. The van der Waals surface area contributed by atoms with Gasteiger partial charge in [0.25, 0.3) is 0 Å². The van der Waals surface area contributed by atoms with Crippen molar-refractivity contribution in [3.05, 3.63) is 59.7 Å². The third kappa shape index (κ3) is 4.18. The van der Waals surface area contributed by atoms with E-state index in [2.05, 4.69) is 9.73 Å². The zero-order valence-electron chi connectivity index (χ0n) is 12.1. The number of carbonyl (C=O) groups is 1. The highest BCUT2D eigenvalue weighted by molar-refractivity contribution is 5.90. The first-order valence-electron chi connectivity index (χ1n) is 6.68. The van der Waals surface area contributed by atoms with E-state index >= 15 is 0 Å². The van der Waals surface area contributed by atoms with E-state index in [1.54, 1.807) is 18.3 Å². The summed E-state index contributed by atoms with van der Waals surface area (Å²) >= 11 is 0. The lowest BCUT2D eigenvalue weighted by Crippen LogP contribution is -2.00. The Balaban J connectivity index is 2.05. The maximum atomic E-state index is 11.3. The van der Waals surface area contributed by atoms with Gasteiger partial charge in [0.05, 0.1) is 25.0 Å². The van der Waals surface area contributed by atoms with Gasteiger partial charge in [0.1, 0.15) is 5.75 Å². The second-order valence-corrected chi connectivity index (χ2v) is 4.30. The minimum absolute atomic E-state index is 0.343. The van der Waals surface area contributed by atoms with Crippen LogP contribution >= 0.6 is 0 Å². The highest BCUT2D eigenvalue weighted by atomic mass is 16.5. The molecule has 0 heterocycles. The van der Waals surface area contributed by atoms with Crippen LogP contribution in [0.4, 0.5) is 5.69 Å². The number of nitrogens with zero attached hydrogens (tertiary/aromatic N) is 1. The van der Waals surface area contributed by atoms with Crippen molar-refractivity contribution in [3.63, 3.8) is 0 Å². The molecule has 0 fully saturated rings. The summed E-state index contributed by atoms with van der Waals surface area (Å²) in [6.45, 7) is 2.60. The van der Waals surface area contributed by atoms with Crippen molar-refractivity contribution >= 4 is 17.9 Å². The maximum Gasteiger partial charge on any atom is 0.337 e. The lowest BCUT2D eigenvalue weighted by Gasteiger charge is -2.02. The molecular formula is C17H17NO3. The molecule has 4 heteroatoms. The Bertz CT molecular complexity index is 615. The number of aliphatic imine (C=N–C) groups is 1. The molecular weight excluding hydrogens is 266 g/mol. The number of hydrogen-bond donors (Lipinski definition) is 0. The van der Waals surface area contributed by atoms with Crippen LogP contribution in [0.1, 0.15) is 22.8 Å². The quantitative estimate of drug-likeness (QED) is 0.622. The van der Waals surface area contributed by atoms with Gasteiger partial charge in [-0.1, -0.05) is 12.1 Å². The molecule has 2 rings (SSSR count). The Labute approximate surface area is 124 Å². The van der Waals surface area contributed by atoms with Gasteiger partial charge in [-0.05, 0) is 48.9 Å². The van der Waals surface area contributed by atoms with E-state index in [0.29, 0.717) is 12.2 Å². The lowest BCUT2D eigenvalue weighted by molar-refractivity contribution is 0.0600. The van der Waals surface area contributed by atoms with Crippen molar-refractivity contribution in [3.8, 4) is 5.75 Å². The molecule has 2 aromatic rings. The van der Waals surface area contributed by atoms with Crippen LogP contribution < -0.4 is 4.74 Å². The van der Waals surface area contributed by atoms with Gasteiger partial charge in [-0.2, -0.15) is 0 Å². The largest absolute Gasteiger partial charge is 0.494 e. The van der Waals surface area contributed by atoms with Crippen LogP contribution in [0.2, 0.25) is 0 Å². The van der Waals surface area contributed by atoms with Crippen molar-refractivity contribution in [2.45, 2.75) is 6.92 Å². The summed E-state index contributed by atoms with van der Waals surface area (Å²) in [5, 5.41) is 0. The minimum atomic E-state index is -0.343. The van der Waals surface area contributed by atoms with Gasteiger partial charge in [0, 0.05) is 6.21 Å². The zero-order chi connectivity index (χ0) is 15.1. The van der Waals surface area contributed by atoms with Crippen LogP contribution in [0.15, 0.2) is 53.5 Å².